The normalized spacial score (nSPS) is 11.9. The second kappa shape index (κ2) is 9.75. The van der Waals surface area contributed by atoms with E-state index < -0.39 is 6.04 Å². The Hall–Kier alpha value is -4.70. The SMILES string of the molecule is Cc1nn2cccnc2c1C(=O)NC(C)c1cc2cccc(C#CC(C)C)c2c(=O)n1-c1ccccc1. The van der Waals surface area contributed by atoms with Crippen molar-refractivity contribution in [2.75, 3.05) is 0 Å². The number of hydrogen-bond acceptors (Lipinski definition) is 4. The van der Waals surface area contributed by atoms with Crippen LogP contribution in [0.15, 0.2) is 77.9 Å². The number of carbonyl (C=O) groups is 1. The predicted octanol–water partition coefficient (Wildman–Crippen LogP) is 4.84. The molecule has 0 fully saturated rings. The molecule has 1 atom stereocenters. The molecule has 0 aliphatic rings. The molecule has 5 aromatic rings. The van der Waals surface area contributed by atoms with E-state index in [0.29, 0.717) is 39.2 Å². The number of hydrogen-bond donors (Lipinski definition) is 1. The summed E-state index contributed by atoms with van der Waals surface area (Å²) in [5.41, 5.74) is 3.36. The topological polar surface area (TPSA) is 81.3 Å². The van der Waals surface area contributed by atoms with Gasteiger partial charge in [0.05, 0.1) is 17.1 Å². The van der Waals surface area contributed by atoms with Crippen molar-refractivity contribution in [2.45, 2.75) is 33.7 Å². The summed E-state index contributed by atoms with van der Waals surface area (Å²) in [4.78, 5) is 31.8. The maximum Gasteiger partial charge on any atom is 0.264 e. The van der Waals surface area contributed by atoms with Crippen LogP contribution in [0.5, 0.6) is 0 Å². The van der Waals surface area contributed by atoms with Gasteiger partial charge in [-0.25, -0.2) is 9.50 Å². The minimum atomic E-state index is -0.492. The molecule has 0 saturated carbocycles. The Bertz CT molecular complexity index is 1750. The number of rotatable bonds is 4. The Morgan fingerprint density at radius 2 is 1.81 bits per heavy atom. The first-order valence-corrected chi connectivity index (χ1v) is 12.2. The first-order valence-electron chi connectivity index (χ1n) is 12.2. The molecule has 1 unspecified atom stereocenters. The lowest BCUT2D eigenvalue weighted by Gasteiger charge is -2.21. The van der Waals surface area contributed by atoms with Crippen molar-refractivity contribution in [3.63, 3.8) is 0 Å². The molecule has 2 aromatic carbocycles. The zero-order chi connectivity index (χ0) is 26.1. The molecule has 0 aliphatic carbocycles. The van der Waals surface area contributed by atoms with Gasteiger partial charge in [0.15, 0.2) is 5.65 Å². The van der Waals surface area contributed by atoms with Crippen molar-refractivity contribution in [3.8, 4) is 17.5 Å². The Kier molecular flexibility index (Phi) is 6.33. The van der Waals surface area contributed by atoms with E-state index in [2.05, 4.69) is 27.2 Å². The minimum Gasteiger partial charge on any atom is -0.344 e. The van der Waals surface area contributed by atoms with Crippen molar-refractivity contribution < 1.29 is 4.79 Å². The molecular weight excluding hydrogens is 462 g/mol. The van der Waals surface area contributed by atoms with Gasteiger partial charge in [-0.3, -0.25) is 14.2 Å². The molecule has 184 valence electrons. The van der Waals surface area contributed by atoms with Crippen LogP contribution < -0.4 is 10.9 Å². The average molecular weight is 490 g/mol. The molecule has 0 radical (unpaired) electrons. The zero-order valence-electron chi connectivity index (χ0n) is 21.2. The number of nitrogens with one attached hydrogen (secondary N) is 1. The molecule has 3 aromatic heterocycles. The van der Waals surface area contributed by atoms with Gasteiger partial charge in [0.1, 0.15) is 5.56 Å². The number of aromatic nitrogens is 4. The van der Waals surface area contributed by atoms with E-state index >= 15 is 0 Å². The number of aryl methyl sites for hydroxylation is 1. The van der Waals surface area contributed by atoms with E-state index in [0.717, 1.165) is 5.39 Å². The van der Waals surface area contributed by atoms with Gasteiger partial charge in [-0.15, -0.1) is 0 Å². The molecule has 0 spiro atoms. The molecule has 1 amide bonds. The molecule has 3 heterocycles. The summed E-state index contributed by atoms with van der Waals surface area (Å²) in [6.45, 7) is 7.69. The van der Waals surface area contributed by atoms with Gasteiger partial charge < -0.3 is 5.32 Å². The van der Waals surface area contributed by atoms with Gasteiger partial charge in [0.25, 0.3) is 11.5 Å². The van der Waals surface area contributed by atoms with E-state index in [-0.39, 0.29) is 17.4 Å². The fourth-order valence-corrected chi connectivity index (χ4v) is 4.48. The second-order valence-corrected chi connectivity index (χ2v) is 9.28. The molecule has 0 bridgehead atoms. The Morgan fingerprint density at radius 1 is 1.03 bits per heavy atom. The molecule has 1 N–H and O–H groups in total. The lowest BCUT2D eigenvalue weighted by atomic mass is 10.0. The summed E-state index contributed by atoms with van der Waals surface area (Å²) in [5, 5.41) is 8.80. The van der Waals surface area contributed by atoms with Gasteiger partial charge in [-0.1, -0.05) is 56.0 Å². The van der Waals surface area contributed by atoms with Crippen LogP contribution in [0, 0.1) is 24.7 Å². The van der Waals surface area contributed by atoms with Crippen LogP contribution in [0.25, 0.3) is 22.1 Å². The first-order chi connectivity index (χ1) is 17.8. The minimum absolute atomic E-state index is 0.178. The Morgan fingerprint density at radius 3 is 2.57 bits per heavy atom. The van der Waals surface area contributed by atoms with Gasteiger partial charge in [-0.2, -0.15) is 5.10 Å². The van der Waals surface area contributed by atoms with Gasteiger partial charge >= 0.3 is 0 Å². The highest BCUT2D eigenvalue weighted by Gasteiger charge is 2.23. The molecule has 5 rings (SSSR count). The number of amides is 1. The summed E-state index contributed by atoms with van der Waals surface area (Å²) in [6, 6.07) is 18.3. The van der Waals surface area contributed by atoms with Gasteiger partial charge in [0.2, 0.25) is 0 Å². The molecule has 0 saturated heterocycles. The van der Waals surface area contributed by atoms with Crippen LogP contribution in [0.1, 0.15) is 54.1 Å². The number of nitrogens with zero attached hydrogens (tertiary/aromatic N) is 4. The number of benzene rings is 2. The third kappa shape index (κ3) is 4.50. The maximum atomic E-state index is 14.0. The maximum absolute atomic E-state index is 14.0. The lowest BCUT2D eigenvalue weighted by Crippen LogP contribution is -2.32. The second-order valence-electron chi connectivity index (χ2n) is 9.28. The van der Waals surface area contributed by atoms with E-state index in [1.54, 1.807) is 34.5 Å². The Balaban J connectivity index is 1.66. The standard InChI is InChI=1S/C30H27N5O2/c1-19(2)14-15-22-10-8-11-23-18-25(35(30(37)27(22)23)24-12-6-5-7-13-24)20(3)32-29(36)26-21(4)33-34-17-9-16-31-28(26)34/h5-13,16-20H,1-4H3,(H,32,36). The summed E-state index contributed by atoms with van der Waals surface area (Å²) >= 11 is 0. The third-order valence-corrected chi connectivity index (χ3v) is 6.17. The van der Waals surface area contributed by atoms with Crippen LogP contribution in [0.2, 0.25) is 0 Å². The quantitative estimate of drug-likeness (QED) is 0.366. The molecular formula is C30H27N5O2. The lowest BCUT2D eigenvalue weighted by molar-refractivity contribution is 0.0939. The largest absolute Gasteiger partial charge is 0.344 e. The van der Waals surface area contributed by atoms with E-state index in [9.17, 15) is 9.59 Å². The summed E-state index contributed by atoms with van der Waals surface area (Å²) in [7, 11) is 0. The Labute approximate surface area is 214 Å². The van der Waals surface area contributed by atoms with E-state index in [4.69, 9.17) is 0 Å². The predicted molar refractivity (Wildman–Crippen MR) is 145 cm³/mol. The highest BCUT2D eigenvalue weighted by Crippen LogP contribution is 2.24. The summed E-state index contributed by atoms with van der Waals surface area (Å²) in [5.74, 6) is 6.23. The summed E-state index contributed by atoms with van der Waals surface area (Å²) in [6.07, 6.45) is 3.39. The van der Waals surface area contributed by atoms with Gasteiger partial charge in [-0.05, 0) is 49.6 Å². The van der Waals surface area contributed by atoms with Crippen molar-refractivity contribution in [1.29, 1.82) is 0 Å². The third-order valence-electron chi connectivity index (χ3n) is 6.17. The number of carbonyl (C=O) groups excluding carboxylic acids is 1. The van der Waals surface area contributed by atoms with E-state index in [1.807, 2.05) is 75.4 Å². The molecule has 7 heteroatoms. The van der Waals surface area contributed by atoms with Crippen LogP contribution in [-0.4, -0.2) is 25.1 Å². The van der Waals surface area contributed by atoms with Crippen LogP contribution in [-0.2, 0) is 0 Å². The summed E-state index contributed by atoms with van der Waals surface area (Å²) < 4.78 is 3.25. The van der Waals surface area contributed by atoms with Crippen molar-refractivity contribution in [2.24, 2.45) is 5.92 Å². The van der Waals surface area contributed by atoms with Crippen LogP contribution in [0.3, 0.4) is 0 Å². The molecule has 7 nitrogen and oxygen atoms in total. The first kappa shape index (κ1) is 24.0. The molecule has 0 aliphatic heterocycles. The van der Waals surface area contributed by atoms with Crippen molar-refractivity contribution in [1.82, 2.24) is 24.5 Å². The van der Waals surface area contributed by atoms with Gasteiger partial charge in [0, 0.05) is 35.3 Å². The zero-order valence-corrected chi connectivity index (χ0v) is 21.2. The highest BCUT2D eigenvalue weighted by atomic mass is 16.2. The monoisotopic (exact) mass is 489 g/mol. The number of fused-ring (bicyclic) bond motifs is 2. The number of para-hydroxylation sites is 1. The molecule has 37 heavy (non-hydrogen) atoms. The fraction of sp³-hybridized carbons (Fsp3) is 0.200. The van der Waals surface area contributed by atoms with Crippen molar-refractivity contribution in [3.05, 3.63) is 106 Å². The smallest absolute Gasteiger partial charge is 0.264 e. The van der Waals surface area contributed by atoms with E-state index in [1.165, 1.54) is 0 Å². The average Bonchev–Trinajstić information content (AvgIpc) is 3.23. The highest BCUT2D eigenvalue weighted by molar-refractivity contribution is 6.01. The fourth-order valence-electron chi connectivity index (χ4n) is 4.48. The number of pyridine rings is 1. The van der Waals surface area contributed by atoms with Crippen LogP contribution >= 0.6 is 0 Å². The van der Waals surface area contributed by atoms with Crippen LogP contribution in [0.4, 0.5) is 0 Å². The van der Waals surface area contributed by atoms with Crippen molar-refractivity contribution >= 4 is 22.3 Å².